The van der Waals surface area contributed by atoms with Crippen LogP contribution in [0.5, 0.6) is 0 Å². The highest BCUT2D eigenvalue weighted by Gasteiger charge is 2.12. The molecule has 1 aromatic heterocycles. The minimum Gasteiger partial charge on any atom is -0.378 e. The number of nitrogens with one attached hydrogen (secondary N) is 1. The van der Waals surface area contributed by atoms with E-state index in [2.05, 4.69) is 5.32 Å². The van der Waals surface area contributed by atoms with Crippen molar-refractivity contribution in [3.63, 3.8) is 0 Å². The maximum atomic E-state index is 11.0. The quantitative estimate of drug-likeness (QED) is 0.725. The van der Waals surface area contributed by atoms with Gasteiger partial charge in [-0.1, -0.05) is 19.3 Å². The van der Waals surface area contributed by atoms with Crippen LogP contribution in [0.2, 0.25) is 0 Å². The number of hydrogen-bond donors (Lipinski definition) is 2. The van der Waals surface area contributed by atoms with Crippen molar-refractivity contribution in [1.29, 1.82) is 0 Å². The van der Waals surface area contributed by atoms with Gasteiger partial charge in [-0.2, -0.15) is 0 Å². The van der Waals surface area contributed by atoms with Crippen molar-refractivity contribution in [2.24, 2.45) is 5.73 Å². The summed E-state index contributed by atoms with van der Waals surface area (Å²) in [7, 11) is 0. The number of carbonyl (C=O) groups is 1. The Labute approximate surface area is 124 Å². The first-order chi connectivity index (χ1) is 9.75. The summed E-state index contributed by atoms with van der Waals surface area (Å²) in [5.41, 5.74) is 5.83. The zero-order valence-electron chi connectivity index (χ0n) is 11.9. The number of primary amides is 1. The van der Waals surface area contributed by atoms with Gasteiger partial charge in [-0.05, 0) is 31.9 Å². The summed E-state index contributed by atoms with van der Waals surface area (Å²) in [6.45, 7) is 2.58. The Bertz CT molecular complexity index is 414. The zero-order chi connectivity index (χ0) is 14.2. The maximum absolute atomic E-state index is 11.0. The molecule has 1 aromatic rings. The molecule has 0 aliphatic heterocycles. The monoisotopic (exact) mass is 296 g/mol. The summed E-state index contributed by atoms with van der Waals surface area (Å²) in [5, 5.41) is 5.18. The van der Waals surface area contributed by atoms with E-state index in [0.717, 1.165) is 31.0 Å². The molecule has 1 aliphatic rings. The minimum atomic E-state index is -0.353. The average Bonchev–Trinajstić information content (AvgIpc) is 2.93. The van der Waals surface area contributed by atoms with Crippen molar-refractivity contribution in [2.45, 2.75) is 51.2 Å². The molecule has 0 bridgehead atoms. The molecule has 1 amide bonds. The zero-order valence-corrected chi connectivity index (χ0v) is 12.7. The number of thiophene rings is 1. The Hall–Kier alpha value is -0.910. The summed E-state index contributed by atoms with van der Waals surface area (Å²) in [5.74, 6) is -0.353. The van der Waals surface area contributed by atoms with E-state index in [0.29, 0.717) is 11.7 Å². The van der Waals surface area contributed by atoms with Crippen LogP contribution >= 0.6 is 11.3 Å². The number of carbonyl (C=O) groups excluding carboxylic acids is 1. The van der Waals surface area contributed by atoms with E-state index in [1.54, 1.807) is 11.3 Å². The molecule has 0 radical (unpaired) electrons. The van der Waals surface area contributed by atoms with Crippen LogP contribution in [0, 0.1) is 0 Å². The molecule has 0 saturated heterocycles. The molecule has 0 atom stereocenters. The molecule has 0 spiro atoms. The second-order valence-electron chi connectivity index (χ2n) is 5.33. The number of ether oxygens (including phenoxy) is 1. The molecule has 5 heteroatoms. The molecule has 1 aliphatic carbocycles. The summed E-state index contributed by atoms with van der Waals surface area (Å²) >= 11 is 1.57. The number of hydrogen-bond acceptors (Lipinski definition) is 4. The Morgan fingerprint density at radius 1 is 1.40 bits per heavy atom. The van der Waals surface area contributed by atoms with E-state index in [-0.39, 0.29) is 5.91 Å². The minimum absolute atomic E-state index is 0.353. The summed E-state index contributed by atoms with van der Waals surface area (Å²) in [4.78, 5) is 12.1. The second-order valence-corrected chi connectivity index (χ2v) is 6.32. The van der Waals surface area contributed by atoms with E-state index in [4.69, 9.17) is 10.5 Å². The van der Waals surface area contributed by atoms with Gasteiger partial charge in [-0.3, -0.25) is 4.79 Å². The molecule has 1 fully saturated rings. The average molecular weight is 296 g/mol. The lowest BCUT2D eigenvalue weighted by molar-refractivity contribution is 0.0273. The molecule has 20 heavy (non-hydrogen) atoms. The van der Waals surface area contributed by atoms with Crippen molar-refractivity contribution in [3.05, 3.63) is 21.9 Å². The molecular weight excluding hydrogens is 272 g/mol. The summed E-state index contributed by atoms with van der Waals surface area (Å²) in [6.07, 6.45) is 8.02. The van der Waals surface area contributed by atoms with Gasteiger partial charge in [0.2, 0.25) is 5.91 Å². The number of nitrogens with two attached hydrogens (primary N) is 1. The largest absolute Gasteiger partial charge is 0.378 e. The van der Waals surface area contributed by atoms with Crippen LogP contribution in [-0.2, 0) is 11.3 Å². The van der Waals surface area contributed by atoms with Gasteiger partial charge in [0.15, 0.2) is 0 Å². The maximum Gasteiger partial charge on any atom is 0.249 e. The lowest BCUT2D eigenvalue weighted by Gasteiger charge is -2.21. The lowest BCUT2D eigenvalue weighted by Crippen LogP contribution is -2.20. The number of rotatable bonds is 8. The predicted molar refractivity (Wildman–Crippen MR) is 82.0 cm³/mol. The standard InChI is InChI=1S/C15H24N2O2S/c16-15(18)12-9-14(20-11-12)10-17-7-4-8-19-13-5-2-1-3-6-13/h9,11,13,17H,1-8,10H2,(H2,16,18). The molecule has 112 valence electrons. The number of amides is 1. The van der Waals surface area contributed by atoms with Gasteiger partial charge in [0.05, 0.1) is 11.7 Å². The Balaban J connectivity index is 1.51. The Morgan fingerprint density at radius 2 is 2.20 bits per heavy atom. The van der Waals surface area contributed by atoms with Gasteiger partial charge in [-0.15, -0.1) is 11.3 Å². The molecule has 1 heterocycles. The van der Waals surface area contributed by atoms with Crippen molar-refractivity contribution in [3.8, 4) is 0 Å². The third kappa shape index (κ3) is 5.23. The van der Waals surface area contributed by atoms with Crippen LogP contribution in [0.4, 0.5) is 0 Å². The topological polar surface area (TPSA) is 64.4 Å². The highest BCUT2D eigenvalue weighted by Crippen LogP contribution is 2.20. The molecule has 3 N–H and O–H groups in total. The van der Waals surface area contributed by atoms with Gasteiger partial charge < -0.3 is 15.8 Å². The first-order valence-electron chi connectivity index (χ1n) is 7.45. The third-order valence-electron chi connectivity index (χ3n) is 3.64. The molecule has 0 aromatic carbocycles. The fourth-order valence-corrected chi connectivity index (χ4v) is 3.34. The van der Waals surface area contributed by atoms with Crippen molar-refractivity contribution in [2.75, 3.05) is 13.2 Å². The summed E-state index contributed by atoms with van der Waals surface area (Å²) < 4.78 is 5.87. The van der Waals surface area contributed by atoms with Crippen LogP contribution in [0.1, 0.15) is 53.8 Å². The molecule has 4 nitrogen and oxygen atoms in total. The first-order valence-corrected chi connectivity index (χ1v) is 8.33. The van der Waals surface area contributed by atoms with Crippen LogP contribution in [0.15, 0.2) is 11.4 Å². The van der Waals surface area contributed by atoms with Gasteiger partial charge in [0.25, 0.3) is 0 Å². The van der Waals surface area contributed by atoms with Crippen LogP contribution in [0.3, 0.4) is 0 Å². The van der Waals surface area contributed by atoms with Gasteiger partial charge >= 0.3 is 0 Å². The molecule has 0 unspecified atom stereocenters. The van der Waals surface area contributed by atoms with E-state index < -0.39 is 0 Å². The SMILES string of the molecule is NC(=O)c1csc(CNCCCOC2CCCCC2)c1. The van der Waals surface area contributed by atoms with Crippen molar-refractivity contribution in [1.82, 2.24) is 5.32 Å². The van der Waals surface area contributed by atoms with Crippen molar-refractivity contribution < 1.29 is 9.53 Å². The Kier molecular flexibility index (Phi) is 6.50. The fraction of sp³-hybridized carbons (Fsp3) is 0.667. The molecule has 1 saturated carbocycles. The van der Waals surface area contributed by atoms with E-state index in [1.165, 1.54) is 32.1 Å². The normalized spacial score (nSPS) is 16.4. The lowest BCUT2D eigenvalue weighted by atomic mass is 9.98. The van der Waals surface area contributed by atoms with Crippen LogP contribution < -0.4 is 11.1 Å². The smallest absolute Gasteiger partial charge is 0.249 e. The fourth-order valence-electron chi connectivity index (χ4n) is 2.49. The van der Waals surface area contributed by atoms with Gasteiger partial charge in [-0.25, -0.2) is 0 Å². The highest BCUT2D eigenvalue weighted by molar-refractivity contribution is 7.10. The third-order valence-corrected chi connectivity index (χ3v) is 4.58. The highest BCUT2D eigenvalue weighted by atomic mass is 32.1. The molecule has 2 rings (SSSR count). The first kappa shape index (κ1) is 15.5. The predicted octanol–water partition coefficient (Wildman–Crippen LogP) is 2.68. The van der Waals surface area contributed by atoms with E-state index >= 15 is 0 Å². The van der Waals surface area contributed by atoms with E-state index in [1.807, 2.05) is 11.4 Å². The Morgan fingerprint density at radius 3 is 2.90 bits per heavy atom. The van der Waals surface area contributed by atoms with Gasteiger partial charge in [0.1, 0.15) is 0 Å². The van der Waals surface area contributed by atoms with Gasteiger partial charge in [0, 0.05) is 23.4 Å². The second kappa shape index (κ2) is 8.39. The molecular formula is C15H24N2O2S. The summed E-state index contributed by atoms with van der Waals surface area (Å²) in [6, 6.07) is 1.86. The van der Waals surface area contributed by atoms with Crippen molar-refractivity contribution >= 4 is 17.2 Å². The van der Waals surface area contributed by atoms with Crippen LogP contribution in [0.25, 0.3) is 0 Å². The van der Waals surface area contributed by atoms with Crippen LogP contribution in [-0.4, -0.2) is 25.2 Å². The van der Waals surface area contributed by atoms with E-state index in [9.17, 15) is 4.79 Å².